The summed E-state index contributed by atoms with van der Waals surface area (Å²) in [4.78, 5) is 23.4. The molecule has 0 bridgehead atoms. The molecular formula is C15H11F3N2O2. The van der Waals surface area contributed by atoms with Crippen LogP contribution in [0.3, 0.4) is 0 Å². The monoisotopic (exact) mass is 308 g/mol. The number of carbonyl (C=O) groups is 2. The number of hydrogen-bond donors (Lipinski definition) is 2. The lowest BCUT2D eigenvalue weighted by Crippen LogP contribution is -2.41. The predicted octanol–water partition coefficient (Wildman–Crippen LogP) is 2.78. The molecule has 0 atom stereocenters. The number of alkyl halides is 3. The molecule has 0 spiro atoms. The number of hydrazine groups is 1. The molecule has 2 N–H and O–H groups in total. The smallest absolute Gasteiger partial charge is 0.267 e. The Kier molecular flexibility index (Phi) is 4.45. The summed E-state index contributed by atoms with van der Waals surface area (Å²) in [5, 5.41) is 0. The second-order valence-corrected chi connectivity index (χ2v) is 4.35. The summed E-state index contributed by atoms with van der Waals surface area (Å²) < 4.78 is 37.2. The van der Waals surface area contributed by atoms with Crippen LogP contribution in [0.2, 0.25) is 0 Å². The molecule has 0 aromatic heterocycles. The van der Waals surface area contributed by atoms with Crippen LogP contribution in [0.4, 0.5) is 13.2 Å². The molecule has 2 rings (SSSR count). The van der Waals surface area contributed by atoms with E-state index < -0.39 is 23.6 Å². The van der Waals surface area contributed by atoms with Crippen LogP contribution in [-0.4, -0.2) is 11.8 Å². The molecule has 0 saturated heterocycles. The first-order chi connectivity index (χ1) is 10.4. The third-order valence-electron chi connectivity index (χ3n) is 2.80. The lowest BCUT2D eigenvalue weighted by atomic mass is 10.1. The van der Waals surface area contributed by atoms with E-state index in [0.717, 1.165) is 24.3 Å². The SMILES string of the molecule is O=C(NNC(=O)c1ccc(C(F)(F)F)cc1)c1ccccc1. The number of rotatable bonds is 2. The molecule has 0 aliphatic rings. The first-order valence-electron chi connectivity index (χ1n) is 6.21. The molecule has 0 saturated carbocycles. The molecule has 7 heteroatoms. The fourth-order valence-corrected chi connectivity index (χ4v) is 1.66. The highest BCUT2D eigenvalue weighted by Gasteiger charge is 2.30. The quantitative estimate of drug-likeness (QED) is 0.838. The van der Waals surface area contributed by atoms with Gasteiger partial charge in [-0.2, -0.15) is 13.2 Å². The number of halogens is 3. The van der Waals surface area contributed by atoms with Gasteiger partial charge in [0.2, 0.25) is 0 Å². The Morgan fingerprint density at radius 2 is 1.18 bits per heavy atom. The summed E-state index contributed by atoms with van der Waals surface area (Å²) in [5.41, 5.74) is 3.81. The van der Waals surface area contributed by atoms with Crippen LogP contribution < -0.4 is 10.9 Å². The topological polar surface area (TPSA) is 58.2 Å². The number of hydrogen-bond acceptors (Lipinski definition) is 2. The fraction of sp³-hybridized carbons (Fsp3) is 0.0667. The second kappa shape index (κ2) is 6.30. The summed E-state index contributed by atoms with van der Waals surface area (Å²) >= 11 is 0. The normalized spacial score (nSPS) is 10.9. The Balaban J connectivity index is 1.97. The van der Waals surface area contributed by atoms with Gasteiger partial charge in [0.25, 0.3) is 11.8 Å². The molecule has 0 unspecified atom stereocenters. The van der Waals surface area contributed by atoms with Crippen LogP contribution in [0, 0.1) is 0 Å². The summed E-state index contributed by atoms with van der Waals surface area (Å²) in [6.07, 6.45) is -4.46. The van der Waals surface area contributed by atoms with Gasteiger partial charge in [0, 0.05) is 11.1 Å². The third-order valence-corrected chi connectivity index (χ3v) is 2.80. The van der Waals surface area contributed by atoms with Crippen molar-refractivity contribution >= 4 is 11.8 Å². The van der Waals surface area contributed by atoms with Crippen molar-refractivity contribution in [2.45, 2.75) is 6.18 Å². The lowest BCUT2D eigenvalue weighted by molar-refractivity contribution is -0.137. The maximum atomic E-state index is 12.4. The van der Waals surface area contributed by atoms with Crippen LogP contribution in [0.5, 0.6) is 0 Å². The molecule has 0 aliphatic heterocycles. The number of carbonyl (C=O) groups excluding carboxylic acids is 2. The van der Waals surface area contributed by atoms with E-state index >= 15 is 0 Å². The highest BCUT2D eigenvalue weighted by Crippen LogP contribution is 2.28. The van der Waals surface area contributed by atoms with Gasteiger partial charge in [-0.15, -0.1) is 0 Å². The molecular weight excluding hydrogens is 297 g/mol. The van der Waals surface area contributed by atoms with Crippen molar-refractivity contribution in [3.05, 3.63) is 71.3 Å². The highest BCUT2D eigenvalue weighted by atomic mass is 19.4. The van der Waals surface area contributed by atoms with Crippen LogP contribution in [0.25, 0.3) is 0 Å². The van der Waals surface area contributed by atoms with Crippen molar-refractivity contribution in [2.75, 3.05) is 0 Å². The zero-order valence-corrected chi connectivity index (χ0v) is 11.1. The Labute approximate surface area is 123 Å². The number of amides is 2. The summed E-state index contributed by atoms with van der Waals surface area (Å²) in [6.45, 7) is 0. The average molecular weight is 308 g/mol. The van der Waals surface area contributed by atoms with Gasteiger partial charge in [0.15, 0.2) is 0 Å². The van der Waals surface area contributed by atoms with E-state index in [-0.39, 0.29) is 5.56 Å². The van der Waals surface area contributed by atoms with E-state index in [1.165, 1.54) is 0 Å². The van der Waals surface area contributed by atoms with Crippen LogP contribution >= 0.6 is 0 Å². The minimum Gasteiger partial charge on any atom is -0.267 e. The Morgan fingerprint density at radius 3 is 1.64 bits per heavy atom. The summed E-state index contributed by atoms with van der Waals surface area (Å²) in [6, 6.07) is 11.8. The van der Waals surface area contributed by atoms with Crippen molar-refractivity contribution in [3.63, 3.8) is 0 Å². The van der Waals surface area contributed by atoms with Gasteiger partial charge in [-0.3, -0.25) is 20.4 Å². The highest BCUT2D eigenvalue weighted by molar-refractivity contribution is 5.99. The number of nitrogens with one attached hydrogen (secondary N) is 2. The van der Waals surface area contributed by atoms with Crippen LogP contribution in [0.15, 0.2) is 54.6 Å². The predicted molar refractivity (Wildman–Crippen MR) is 72.8 cm³/mol. The average Bonchev–Trinajstić information content (AvgIpc) is 2.52. The molecule has 0 radical (unpaired) electrons. The number of benzene rings is 2. The third kappa shape index (κ3) is 3.85. The first kappa shape index (κ1) is 15.6. The standard InChI is InChI=1S/C15H11F3N2O2/c16-15(17,18)12-8-6-11(7-9-12)14(22)20-19-13(21)10-4-2-1-3-5-10/h1-9H,(H,19,21)(H,20,22). The Hall–Kier alpha value is -2.83. The van der Waals surface area contributed by atoms with Gasteiger partial charge in [-0.05, 0) is 36.4 Å². The van der Waals surface area contributed by atoms with E-state index in [0.29, 0.717) is 5.56 Å². The Morgan fingerprint density at radius 1 is 0.727 bits per heavy atom. The maximum Gasteiger partial charge on any atom is 0.416 e. The Bertz CT molecular complexity index is 667. The fourth-order valence-electron chi connectivity index (χ4n) is 1.66. The van der Waals surface area contributed by atoms with Gasteiger partial charge < -0.3 is 0 Å². The van der Waals surface area contributed by atoms with E-state index in [1.54, 1.807) is 30.3 Å². The summed E-state index contributed by atoms with van der Waals surface area (Å²) in [7, 11) is 0. The van der Waals surface area contributed by atoms with Crippen molar-refractivity contribution in [2.24, 2.45) is 0 Å². The molecule has 114 valence electrons. The van der Waals surface area contributed by atoms with Crippen molar-refractivity contribution < 1.29 is 22.8 Å². The van der Waals surface area contributed by atoms with E-state index in [2.05, 4.69) is 10.9 Å². The van der Waals surface area contributed by atoms with Crippen molar-refractivity contribution in [1.82, 2.24) is 10.9 Å². The van der Waals surface area contributed by atoms with E-state index in [9.17, 15) is 22.8 Å². The molecule has 0 fully saturated rings. The maximum absolute atomic E-state index is 12.4. The summed E-state index contributed by atoms with van der Waals surface area (Å²) in [5.74, 6) is -1.24. The zero-order valence-electron chi connectivity index (χ0n) is 11.1. The second-order valence-electron chi connectivity index (χ2n) is 4.35. The van der Waals surface area contributed by atoms with Crippen molar-refractivity contribution in [1.29, 1.82) is 0 Å². The van der Waals surface area contributed by atoms with Gasteiger partial charge in [0.1, 0.15) is 0 Å². The van der Waals surface area contributed by atoms with Crippen molar-refractivity contribution in [3.8, 4) is 0 Å². The molecule has 2 aromatic rings. The largest absolute Gasteiger partial charge is 0.416 e. The van der Waals surface area contributed by atoms with Gasteiger partial charge in [0.05, 0.1) is 5.56 Å². The molecule has 2 aromatic carbocycles. The first-order valence-corrected chi connectivity index (χ1v) is 6.21. The molecule has 4 nitrogen and oxygen atoms in total. The minimum atomic E-state index is -4.46. The lowest BCUT2D eigenvalue weighted by Gasteiger charge is -2.09. The molecule has 0 heterocycles. The molecule has 2 amide bonds. The van der Waals surface area contributed by atoms with Crippen LogP contribution in [0.1, 0.15) is 26.3 Å². The van der Waals surface area contributed by atoms with Gasteiger partial charge in [-0.1, -0.05) is 18.2 Å². The van der Waals surface area contributed by atoms with E-state index in [4.69, 9.17) is 0 Å². The zero-order chi connectivity index (χ0) is 16.2. The van der Waals surface area contributed by atoms with Gasteiger partial charge >= 0.3 is 6.18 Å². The van der Waals surface area contributed by atoms with E-state index in [1.807, 2.05) is 0 Å². The minimum absolute atomic E-state index is 0.00126. The van der Waals surface area contributed by atoms with Gasteiger partial charge in [-0.25, -0.2) is 0 Å². The molecule has 0 aliphatic carbocycles. The van der Waals surface area contributed by atoms with Crippen LogP contribution in [-0.2, 0) is 6.18 Å². The molecule has 22 heavy (non-hydrogen) atoms.